The second kappa shape index (κ2) is 31.6. The molecule has 1 aromatic rings. The molecule has 0 aliphatic rings. The fourth-order valence-corrected chi connectivity index (χ4v) is 1.52. The molecular weight excluding hydrogens is 252 g/mol. The van der Waals surface area contributed by atoms with Gasteiger partial charge in [-0.1, -0.05) is 106 Å². The van der Waals surface area contributed by atoms with E-state index in [2.05, 4.69) is 38.1 Å². The van der Waals surface area contributed by atoms with Crippen LogP contribution in [0, 0.1) is 0 Å². The molecule has 0 aromatic heterocycles. The van der Waals surface area contributed by atoms with Gasteiger partial charge in [-0.2, -0.15) is 0 Å². The molecule has 21 heavy (non-hydrogen) atoms. The average molecular weight is 297 g/mol. The molecule has 0 spiro atoms. The van der Waals surface area contributed by atoms with Gasteiger partial charge in [0.05, 0.1) is 0 Å². The Morgan fingerprint density at radius 2 is 0.952 bits per heavy atom. The van der Waals surface area contributed by atoms with E-state index in [-0.39, 0.29) is 0 Å². The SMILES string of the molecule is CC.CC.CC.CC.CCCCCc1ccc(CC)cc1. The quantitative estimate of drug-likeness (QED) is 0.482. The molecule has 0 fully saturated rings. The maximum Gasteiger partial charge on any atom is -0.0279 e. The largest absolute Gasteiger partial charge is 0.0683 e. The zero-order valence-electron chi connectivity index (χ0n) is 16.8. The highest BCUT2D eigenvalue weighted by atomic mass is 14.0. The van der Waals surface area contributed by atoms with Crippen molar-refractivity contribution >= 4 is 0 Å². The first-order chi connectivity index (χ1) is 10.4. The fourth-order valence-electron chi connectivity index (χ4n) is 1.52. The smallest absolute Gasteiger partial charge is 0.0279 e. The third kappa shape index (κ3) is 21.7. The van der Waals surface area contributed by atoms with E-state index in [4.69, 9.17) is 0 Å². The molecule has 0 saturated carbocycles. The lowest BCUT2D eigenvalue weighted by molar-refractivity contribution is 0.717. The first kappa shape index (κ1) is 28.4. The summed E-state index contributed by atoms with van der Waals surface area (Å²) in [5, 5.41) is 0. The number of aryl methyl sites for hydroxylation is 2. The Morgan fingerprint density at radius 1 is 0.571 bits per heavy atom. The van der Waals surface area contributed by atoms with Crippen LogP contribution in [0.1, 0.15) is 99.6 Å². The van der Waals surface area contributed by atoms with Crippen molar-refractivity contribution in [2.24, 2.45) is 0 Å². The molecule has 0 aliphatic heterocycles. The predicted octanol–water partition coefficient (Wildman–Crippen LogP) is 8.09. The number of benzene rings is 1. The highest BCUT2D eigenvalue weighted by molar-refractivity contribution is 5.22. The van der Waals surface area contributed by atoms with Gasteiger partial charge < -0.3 is 0 Å². The van der Waals surface area contributed by atoms with Crippen molar-refractivity contribution in [3.63, 3.8) is 0 Å². The van der Waals surface area contributed by atoms with Crippen molar-refractivity contribution in [1.29, 1.82) is 0 Å². The minimum Gasteiger partial charge on any atom is -0.0683 e. The molecular formula is C21H44. The van der Waals surface area contributed by atoms with Gasteiger partial charge in [0.2, 0.25) is 0 Å². The molecule has 0 heteroatoms. The van der Waals surface area contributed by atoms with Gasteiger partial charge in [0.25, 0.3) is 0 Å². The number of hydrogen-bond acceptors (Lipinski definition) is 0. The van der Waals surface area contributed by atoms with Crippen LogP contribution in [-0.4, -0.2) is 0 Å². The van der Waals surface area contributed by atoms with Crippen LogP contribution < -0.4 is 0 Å². The Morgan fingerprint density at radius 3 is 1.29 bits per heavy atom. The van der Waals surface area contributed by atoms with E-state index in [0.717, 1.165) is 6.42 Å². The molecule has 0 nitrogen and oxygen atoms in total. The van der Waals surface area contributed by atoms with Gasteiger partial charge in [-0.15, -0.1) is 0 Å². The van der Waals surface area contributed by atoms with E-state index in [1.807, 2.05) is 55.4 Å². The van der Waals surface area contributed by atoms with Crippen molar-refractivity contribution in [2.45, 2.75) is 101 Å². The van der Waals surface area contributed by atoms with Gasteiger partial charge in [-0.05, 0) is 30.4 Å². The van der Waals surface area contributed by atoms with Crippen LogP contribution in [0.25, 0.3) is 0 Å². The molecule has 0 heterocycles. The minimum atomic E-state index is 1.15. The van der Waals surface area contributed by atoms with Crippen molar-refractivity contribution in [1.82, 2.24) is 0 Å². The molecule has 0 N–H and O–H groups in total. The van der Waals surface area contributed by atoms with Gasteiger partial charge in [-0.3, -0.25) is 0 Å². The molecule has 1 rings (SSSR count). The summed E-state index contributed by atoms with van der Waals surface area (Å²) in [4.78, 5) is 0. The summed E-state index contributed by atoms with van der Waals surface area (Å²) in [6.07, 6.45) is 6.40. The third-order valence-electron chi connectivity index (χ3n) is 2.50. The summed E-state index contributed by atoms with van der Waals surface area (Å²) in [6, 6.07) is 9.05. The summed E-state index contributed by atoms with van der Waals surface area (Å²) in [5.74, 6) is 0. The molecule has 0 amide bonds. The highest BCUT2D eigenvalue weighted by Gasteiger charge is 1.93. The molecule has 0 unspecified atom stereocenters. The van der Waals surface area contributed by atoms with Crippen LogP contribution in [-0.2, 0) is 12.8 Å². The summed E-state index contributed by atoms with van der Waals surface area (Å²) in [5.41, 5.74) is 2.94. The number of rotatable bonds is 5. The molecule has 0 atom stereocenters. The zero-order valence-corrected chi connectivity index (χ0v) is 16.8. The monoisotopic (exact) mass is 296 g/mol. The summed E-state index contributed by atoms with van der Waals surface area (Å²) >= 11 is 0. The summed E-state index contributed by atoms with van der Waals surface area (Å²) in [6.45, 7) is 20.5. The van der Waals surface area contributed by atoms with E-state index < -0.39 is 0 Å². The number of hydrogen-bond donors (Lipinski definition) is 0. The van der Waals surface area contributed by atoms with Crippen molar-refractivity contribution < 1.29 is 0 Å². The van der Waals surface area contributed by atoms with Crippen molar-refractivity contribution in [3.8, 4) is 0 Å². The third-order valence-corrected chi connectivity index (χ3v) is 2.50. The van der Waals surface area contributed by atoms with Gasteiger partial charge >= 0.3 is 0 Å². The first-order valence-corrected chi connectivity index (χ1v) is 9.44. The van der Waals surface area contributed by atoms with Crippen LogP contribution in [0.2, 0.25) is 0 Å². The van der Waals surface area contributed by atoms with Gasteiger partial charge in [0.1, 0.15) is 0 Å². The standard InChI is InChI=1S/C13H20.4C2H6/c1-3-5-6-7-13-10-8-12(4-2)9-11-13;4*1-2/h8-11H,3-7H2,1-2H3;4*1-2H3. The molecule has 0 bridgehead atoms. The van der Waals surface area contributed by atoms with Crippen LogP contribution in [0.15, 0.2) is 24.3 Å². The lowest BCUT2D eigenvalue weighted by Gasteiger charge is -2.01. The zero-order chi connectivity index (χ0) is 17.5. The molecule has 0 saturated heterocycles. The Labute approximate surface area is 137 Å². The Bertz CT molecular complexity index is 220. The maximum absolute atomic E-state index is 2.27. The molecule has 0 radical (unpaired) electrons. The van der Waals surface area contributed by atoms with E-state index in [1.54, 1.807) is 0 Å². The predicted molar refractivity (Wildman–Crippen MR) is 104 cm³/mol. The first-order valence-electron chi connectivity index (χ1n) is 9.44. The Hall–Kier alpha value is -0.780. The summed E-state index contributed by atoms with van der Waals surface area (Å²) < 4.78 is 0. The second-order valence-electron chi connectivity index (χ2n) is 3.63. The van der Waals surface area contributed by atoms with E-state index in [9.17, 15) is 0 Å². The van der Waals surface area contributed by atoms with Crippen molar-refractivity contribution in [2.75, 3.05) is 0 Å². The van der Waals surface area contributed by atoms with Crippen molar-refractivity contribution in [3.05, 3.63) is 35.4 Å². The average Bonchev–Trinajstić information content (AvgIpc) is 2.63. The van der Waals surface area contributed by atoms with Crippen LogP contribution in [0.4, 0.5) is 0 Å². The van der Waals surface area contributed by atoms with E-state index in [1.165, 1.54) is 36.8 Å². The van der Waals surface area contributed by atoms with Crippen LogP contribution in [0.5, 0.6) is 0 Å². The number of unbranched alkanes of at least 4 members (excludes halogenated alkanes) is 2. The molecule has 1 aromatic carbocycles. The Balaban J connectivity index is -0.000000156. The normalized spacial score (nSPS) is 7.52. The minimum absolute atomic E-state index is 1.15. The van der Waals surface area contributed by atoms with Crippen LogP contribution in [0.3, 0.4) is 0 Å². The van der Waals surface area contributed by atoms with E-state index in [0.29, 0.717) is 0 Å². The second-order valence-corrected chi connectivity index (χ2v) is 3.63. The fraction of sp³-hybridized carbons (Fsp3) is 0.714. The maximum atomic E-state index is 2.27. The van der Waals surface area contributed by atoms with Crippen LogP contribution >= 0.6 is 0 Å². The van der Waals surface area contributed by atoms with Gasteiger partial charge in [0, 0.05) is 0 Å². The lowest BCUT2D eigenvalue weighted by atomic mass is 10.0. The molecule has 0 aliphatic carbocycles. The van der Waals surface area contributed by atoms with Gasteiger partial charge in [-0.25, -0.2) is 0 Å². The lowest BCUT2D eigenvalue weighted by Crippen LogP contribution is -1.86. The molecule has 128 valence electrons. The topological polar surface area (TPSA) is 0 Å². The Kier molecular flexibility index (Phi) is 42.7. The highest BCUT2D eigenvalue weighted by Crippen LogP contribution is 2.08. The van der Waals surface area contributed by atoms with E-state index >= 15 is 0 Å². The summed E-state index contributed by atoms with van der Waals surface area (Å²) in [7, 11) is 0. The van der Waals surface area contributed by atoms with Gasteiger partial charge in [0.15, 0.2) is 0 Å².